The molecular weight excluding hydrogens is 352 g/mol. The Kier molecular flexibility index (Phi) is 5.41. The van der Waals surface area contributed by atoms with Crippen LogP contribution in [0.5, 0.6) is 5.75 Å². The number of pyridine rings is 1. The lowest BCUT2D eigenvalue weighted by atomic mass is 10.1. The smallest absolute Gasteiger partial charge is 0.118 e. The van der Waals surface area contributed by atoms with Crippen LogP contribution in [-0.2, 0) is 18.3 Å². The third-order valence-corrected chi connectivity index (χ3v) is 5.37. The molecule has 0 amide bonds. The SMILES string of the molecule is COc1ccc(-c2cccc([C@H]3CN(Cc4cnn(C)c4C)CCO3)n2)cc1. The van der Waals surface area contributed by atoms with Crippen LogP contribution in [0.4, 0.5) is 0 Å². The summed E-state index contributed by atoms with van der Waals surface area (Å²) in [4.78, 5) is 7.29. The zero-order valence-electron chi connectivity index (χ0n) is 16.6. The molecule has 4 rings (SSSR count). The lowest BCUT2D eigenvalue weighted by molar-refractivity contribution is -0.0350. The molecule has 1 aliphatic heterocycles. The second kappa shape index (κ2) is 8.12. The molecular formula is C22H26N4O2. The Hall–Kier alpha value is -2.70. The van der Waals surface area contributed by atoms with Gasteiger partial charge in [-0.1, -0.05) is 6.07 Å². The molecule has 6 heteroatoms. The number of morpholine rings is 1. The highest BCUT2D eigenvalue weighted by atomic mass is 16.5. The molecule has 2 aromatic heterocycles. The van der Waals surface area contributed by atoms with Gasteiger partial charge in [-0.25, -0.2) is 0 Å². The summed E-state index contributed by atoms with van der Waals surface area (Å²) in [5.74, 6) is 0.844. The summed E-state index contributed by atoms with van der Waals surface area (Å²) in [6.45, 7) is 5.45. The predicted octanol–water partition coefficient (Wildman–Crippen LogP) is 3.37. The molecule has 1 atom stereocenters. The van der Waals surface area contributed by atoms with Crippen molar-refractivity contribution in [2.45, 2.75) is 19.6 Å². The number of rotatable bonds is 5. The molecule has 0 unspecified atom stereocenters. The maximum Gasteiger partial charge on any atom is 0.118 e. The van der Waals surface area contributed by atoms with Crippen LogP contribution in [0.3, 0.4) is 0 Å². The van der Waals surface area contributed by atoms with E-state index in [1.54, 1.807) is 7.11 Å². The summed E-state index contributed by atoms with van der Waals surface area (Å²) in [6, 6.07) is 14.1. The van der Waals surface area contributed by atoms with Crippen LogP contribution >= 0.6 is 0 Å². The minimum atomic E-state index is -0.0241. The summed E-state index contributed by atoms with van der Waals surface area (Å²) >= 11 is 0. The first-order valence-corrected chi connectivity index (χ1v) is 9.57. The van der Waals surface area contributed by atoms with Gasteiger partial charge < -0.3 is 9.47 Å². The topological polar surface area (TPSA) is 52.4 Å². The second-order valence-electron chi connectivity index (χ2n) is 7.15. The summed E-state index contributed by atoms with van der Waals surface area (Å²) < 4.78 is 13.2. The Morgan fingerprint density at radius 2 is 2.00 bits per heavy atom. The van der Waals surface area contributed by atoms with E-state index in [1.165, 1.54) is 11.3 Å². The Labute approximate surface area is 165 Å². The largest absolute Gasteiger partial charge is 0.497 e. The van der Waals surface area contributed by atoms with E-state index in [9.17, 15) is 0 Å². The van der Waals surface area contributed by atoms with Gasteiger partial charge in [0.15, 0.2) is 0 Å². The van der Waals surface area contributed by atoms with Gasteiger partial charge in [-0.3, -0.25) is 14.6 Å². The van der Waals surface area contributed by atoms with Gasteiger partial charge >= 0.3 is 0 Å². The first kappa shape index (κ1) is 18.7. The van der Waals surface area contributed by atoms with Crippen molar-refractivity contribution >= 4 is 0 Å². The van der Waals surface area contributed by atoms with Gasteiger partial charge in [-0.05, 0) is 43.3 Å². The monoisotopic (exact) mass is 378 g/mol. The number of methoxy groups -OCH3 is 1. The number of benzene rings is 1. The fourth-order valence-corrected chi connectivity index (χ4v) is 3.52. The number of hydrogen-bond acceptors (Lipinski definition) is 5. The molecule has 0 radical (unpaired) electrons. The fraction of sp³-hybridized carbons (Fsp3) is 0.364. The van der Waals surface area contributed by atoms with Crippen molar-refractivity contribution < 1.29 is 9.47 Å². The third-order valence-electron chi connectivity index (χ3n) is 5.37. The van der Waals surface area contributed by atoms with Crippen molar-refractivity contribution in [1.29, 1.82) is 0 Å². The molecule has 3 heterocycles. The highest BCUT2D eigenvalue weighted by Crippen LogP contribution is 2.26. The number of aromatic nitrogens is 3. The number of ether oxygens (including phenoxy) is 2. The van der Waals surface area contributed by atoms with E-state index in [-0.39, 0.29) is 6.10 Å². The van der Waals surface area contributed by atoms with Crippen LogP contribution in [0.15, 0.2) is 48.7 Å². The average molecular weight is 378 g/mol. The van der Waals surface area contributed by atoms with Crippen molar-refractivity contribution in [2.24, 2.45) is 7.05 Å². The van der Waals surface area contributed by atoms with Crippen molar-refractivity contribution in [3.05, 3.63) is 65.6 Å². The molecule has 1 aromatic carbocycles. The van der Waals surface area contributed by atoms with Gasteiger partial charge in [0.25, 0.3) is 0 Å². The average Bonchev–Trinajstić information content (AvgIpc) is 3.06. The molecule has 0 aliphatic carbocycles. The van der Waals surface area contributed by atoms with E-state index in [2.05, 4.69) is 29.1 Å². The van der Waals surface area contributed by atoms with Crippen LogP contribution in [0, 0.1) is 6.92 Å². The highest BCUT2D eigenvalue weighted by molar-refractivity contribution is 5.60. The van der Waals surface area contributed by atoms with Crippen LogP contribution in [0.25, 0.3) is 11.3 Å². The zero-order chi connectivity index (χ0) is 19.5. The molecule has 0 saturated carbocycles. The summed E-state index contributed by atoms with van der Waals surface area (Å²) in [7, 11) is 3.66. The molecule has 6 nitrogen and oxygen atoms in total. The van der Waals surface area contributed by atoms with E-state index < -0.39 is 0 Å². The van der Waals surface area contributed by atoms with Gasteiger partial charge in [-0.15, -0.1) is 0 Å². The Balaban J connectivity index is 1.49. The first-order chi connectivity index (χ1) is 13.6. The van der Waals surface area contributed by atoms with E-state index >= 15 is 0 Å². The van der Waals surface area contributed by atoms with Crippen LogP contribution < -0.4 is 4.74 Å². The van der Waals surface area contributed by atoms with Gasteiger partial charge in [0.1, 0.15) is 11.9 Å². The van der Waals surface area contributed by atoms with Crippen molar-refractivity contribution in [3.63, 3.8) is 0 Å². The van der Waals surface area contributed by atoms with E-state index in [0.29, 0.717) is 6.61 Å². The van der Waals surface area contributed by atoms with E-state index in [4.69, 9.17) is 14.5 Å². The van der Waals surface area contributed by atoms with Gasteiger partial charge in [0.05, 0.1) is 31.3 Å². The van der Waals surface area contributed by atoms with Crippen molar-refractivity contribution in [3.8, 4) is 17.0 Å². The fourth-order valence-electron chi connectivity index (χ4n) is 3.52. The van der Waals surface area contributed by atoms with E-state index in [1.807, 2.05) is 48.3 Å². The minimum absolute atomic E-state index is 0.0241. The lowest BCUT2D eigenvalue weighted by Crippen LogP contribution is -2.38. The first-order valence-electron chi connectivity index (χ1n) is 9.57. The van der Waals surface area contributed by atoms with Crippen molar-refractivity contribution in [1.82, 2.24) is 19.7 Å². The van der Waals surface area contributed by atoms with Crippen LogP contribution in [0.2, 0.25) is 0 Å². The molecule has 0 bridgehead atoms. The minimum Gasteiger partial charge on any atom is -0.497 e. The molecule has 3 aromatic rings. The summed E-state index contributed by atoms with van der Waals surface area (Å²) in [6.07, 6.45) is 1.94. The Morgan fingerprint density at radius 3 is 2.71 bits per heavy atom. The van der Waals surface area contributed by atoms with Gasteiger partial charge in [0.2, 0.25) is 0 Å². The Morgan fingerprint density at radius 1 is 1.18 bits per heavy atom. The molecule has 1 saturated heterocycles. The quantitative estimate of drug-likeness (QED) is 0.681. The molecule has 1 aliphatic rings. The van der Waals surface area contributed by atoms with Crippen LogP contribution in [0.1, 0.15) is 23.1 Å². The summed E-state index contributed by atoms with van der Waals surface area (Å²) in [5, 5.41) is 4.35. The predicted molar refractivity (Wildman–Crippen MR) is 108 cm³/mol. The highest BCUT2D eigenvalue weighted by Gasteiger charge is 2.24. The molecule has 146 valence electrons. The Bertz CT molecular complexity index is 936. The number of nitrogens with zero attached hydrogens (tertiary/aromatic N) is 4. The van der Waals surface area contributed by atoms with Crippen molar-refractivity contribution in [2.75, 3.05) is 26.8 Å². The third kappa shape index (κ3) is 3.93. The lowest BCUT2D eigenvalue weighted by Gasteiger charge is -2.32. The summed E-state index contributed by atoms with van der Waals surface area (Å²) in [5.41, 5.74) is 5.47. The zero-order valence-corrected chi connectivity index (χ0v) is 16.6. The van der Waals surface area contributed by atoms with Gasteiger partial charge in [-0.2, -0.15) is 5.10 Å². The molecule has 0 spiro atoms. The number of hydrogen-bond donors (Lipinski definition) is 0. The second-order valence-corrected chi connectivity index (χ2v) is 7.15. The van der Waals surface area contributed by atoms with E-state index in [0.717, 1.165) is 42.3 Å². The number of aryl methyl sites for hydroxylation is 1. The molecule has 0 N–H and O–H groups in total. The maximum atomic E-state index is 6.05. The van der Waals surface area contributed by atoms with Crippen LogP contribution in [-0.4, -0.2) is 46.5 Å². The normalized spacial score (nSPS) is 17.6. The molecule has 1 fully saturated rings. The van der Waals surface area contributed by atoms with Gasteiger partial charge in [0, 0.05) is 43.5 Å². The standard InChI is InChI=1S/C22H26N4O2/c1-16-18(13-23-25(16)2)14-26-11-12-28-22(15-26)21-6-4-5-20(24-21)17-7-9-19(27-3)10-8-17/h4-10,13,22H,11-12,14-15H2,1-3H3/t22-/m1/s1. The maximum absolute atomic E-state index is 6.05. The molecule has 28 heavy (non-hydrogen) atoms.